The van der Waals surface area contributed by atoms with E-state index in [0.29, 0.717) is 48.3 Å². The van der Waals surface area contributed by atoms with Gasteiger partial charge in [0.2, 0.25) is 0 Å². The second kappa shape index (κ2) is 8.14. The molecule has 27 heavy (non-hydrogen) atoms. The van der Waals surface area contributed by atoms with Crippen LogP contribution in [0.5, 0.6) is 17.2 Å². The summed E-state index contributed by atoms with van der Waals surface area (Å²) in [4.78, 5) is 13.7. The van der Waals surface area contributed by atoms with Crippen molar-refractivity contribution in [3.63, 3.8) is 0 Å². The van der Waals surface area contributed by atoms with Gasteiger partial charge in [-0.25, -0.2) is 0 Å². The Balaban J connectivity index is 1.43. The van der Waals surface area contributed by atoms with Crippen molar-refractivity contribution in [2.24, 2.45) is 0 Å². The monoisotopic (exact) mass is 381 g/mol. The number of fused-ring (bicyclic) bond motifs is 1. The maximum absolute atomic E-state index is 12.6. The molecular formula is C21H19NO4S. The van der Waals surface area contributed by atoms with Crippen LogP contribution in [0.1, 0.15) is 21.7 Å². The fourth-order valence-electron chi connectivity index (χ4n) is 2.72. The average Bonchev–Trinajstić information content (AvgIpc) is 3.11. The van der Waals surface area contributed by atoms with E-state index in [1.54, 1.807) is 29.5 Å². The van der Waals surface area contributed by atoms with Crippen LogP contribution in [0.2, 0.25) is 0 Å². The van der Waals surface area contributed by atoms with Gasteiger partial charge in [-0.3, -0.25) is 4.79 Å². The third kappa shape index (κ3) is 4.41. The Morgan fingerprint density at radius 1 is 1.04 bits per heavy atom. The van der Waals surface area contributed by atoms with E-state index in [2.05, 4.69) is 5.32 Å². The Morgan fingerprint density at radius 2 is 1.93 bits per heavy atom. The van der Waals surface area contributed by atoms with E-state index in [-0.39, 0.29) is 5.91 Å². The number of hydrogen-bond acceptors (Lipinski definition) is 5. The lowest BCUT2D eigenvalue weighted by molar-refractivity contribution is 0.102. The summed E-state index contributed by atoms with van der Waals surface area (Å²) in [6.07, 6.45) is 0.842. The number of carbonyl (C=O) groups excluding carboxylic acids is 1. The Bertz CT molecular complexity index is 924. The molecule has 1 aliphatic heterocycles. The molecule has 4 rings (SSSR count). The summed E-state index contributed by atoms with van der Waals surface area (Å²) in [6.45, 7) is 1.73. The minimum Gasteiger partial charge on any atom is -0.490 e. The number of ether oxygens (including phenoxy) is 3. The maximum atomic E-state index is 12.6. The van der Waals surface area contributed by atoms with Crippen molar-refractivity contribution in [3.8, 4) is 17.2 Å². The summed E-state index contributed by atoms with van der Waals surface area (Å²) < 4.78 is 17.1. The normalized spacial score (nSPS) is 12.9. The Morgan fingerprint density at radius 3 is 2.78 bits per heavy atom. The highest BCUT2D eigenvalue weighted by Gasteiger charge is 2.13. The van der Waals surface area contributed by atoms with E-state index in [1.807, 2.05) is 41.8 Å². The number of amides is 1. The van der Waals surface area contributed by atoms with Crippen molar-refractivity contribution >= 4 is 22.9 Å². The molecule has 0 unspecified atom stereocenters. The van der Waals surface area contributed by atoms with Crippen molar-refractivity contribution < 1.29 is 19.0 Å². The summed E-state index contributed by atoms with van der Waals surface area (Å²) in [5, 5.41) is 4.91. The molecule has 0 saturated carbocycles. The number of anilines is 1. The predicted octanol–water partition coefficient (Wildman–Crippen LogP) is 4.74. The number of carbonyl (C=O) groups is 1. The second-order valence-electron chi connectivity index (χ2n) is 6.06. The van der Waals surface area contributed by atoms with Gasteiger partial charge >= 0.3 is 0 Å². The van der Waals surface area contributed by atoms with Gasteiger partial charge in [0.25, 0.3) is 5.91 Å². The molecule has 0 atom stereocenters. The number of nitrogens with one attached hydrogen (secondary N) is 1. The largest absolute Gasteiger partial charge is 0.490 e. The van der Waals surface area contributed by atoms with Gasteiger partial charge in [0, 0.05) is 28.6 Å². The third-order valence-electron chi connectivity index (χ3n) is 4.06. The van der Waals surface area contributed by atoms with Gasteiger partial charge in [-0.05, 0) is 41.8 Å². The molecule has 3 aromatic rings. The summed E-state index contributed by atoms with van der Waals surface area (Å²) in [5.74, 6) is 1.81. The van der Waals surface area contributed by atoms with Crippen LogP contribution >= 0.6 is 11.3 Å². The van der Waals surface area contributed by atoms with Crippen LogP contribution in [0.4, 0.5) is 5.69 Å². The molecule has 6 heteroatoms. The van der Waals surface area contributed by atoms with Gasteiger partial charge in [0.1, 0.15) is 12.4 Å². The highest BCUT2D eigenvalue weighted by Crippen LogP contribution is 2.32. The zero-order valence-corrected chi connectivity index (χ0v) is 15.5. The van der Waals surface area contributed by atoms with E-state index in [4.69, 9.17) is 14.2 Å². The molecule has 1 amide bonds. The molecule has 0 radical (unpaired) electrons. The van der Waals surface area contributed by atoms with Crippen LogP contribution < -0.4 is 19.5 Å². The first-order chi connectivity index (χ1) is 13.3. The molecule has 5 nitrogen and oxygen atoms in total. The van der Waals surface area contributed by atoms with Gasteiger partial charge in [0.15, 0.2) is 11.5 Å². The topological polar surface area (TPSA) is 56.8 Å². The highest BCUT2D eigenvalue weighted by atomic mass is 32.1. The summed E-state index contributed by atoms with van der Waals surface area (Å²) in [6, 6.07) is 16.6. The molecule has 0 aliphatic carbocycles. The number of benzene rings is 2. The molecule has 138 valence electrons. The number of thiophene rings is 1. The molecule has 2 aromatic carbocycles. The quantitative estimate of drug-likeness (QED) is 0.693. The van der Waals surface area contributed by atoms with Crippen LogP contribution in [-0.4, -0.2) is 19.1 Å². The van der Waals surface area contributed by atoms with E-state index < -0.39 is 0 Å². The van der Waals surface area contributed by atoms with Crippen molar-refractivity contribution in [2.45, 2.75) is 13.0 Å². The van der Waals surface area contributed by atoms with E-state index >= 15 is 0 Å². The van der Waals surface area contributed by atoms with Gasteiger partial charge < -0.3 is 19.5 Å². The van der Waals surface area contributed by atoms with Crippen LogP contribution in [0.25, 0.3) is 0 Å². The molecule has 1 aliphatic rings. The lowest BCUT2D eigenvalue weighted by Crippen LogP contribution is -2.12. The van der Waals surface area contributed by atoms with E-state index in [1.165, 1.54) is 0 Å². The summed E-state index contributed by atoms with van der Waals surface area (Å²) >= 11 is 1.64. The van der Waals surface area contributed by atoms with Crippen LogP contribution in [0, 0.1) is 0 Å². The molecule has 0 fully saturated rings. The molecule has 0 spiro atoms. The third-order valence-corrected chi connectivity index (χ3v) is 4.91. The van der Waals surface area contributed by atoms with Gasteiger partial charge in [-0.2, -0.15) is 0 Å². The first kappa shape index (κ1) is 17.4. The molecule has 1 N–H and O–H groups in total. The van der Waals surface area contributed by atoms with Crippen LogP contribution in [0.3, 0.4) is 0 Å². The Kier molecular flexibility index (Phi) is 5.25. The van der Waals surface area contributed by atoms with E-state index in [9.17, 15) is 4.79 Å². The Hall–Kier alpha value is -2.99. The zero-order chi connectivity index (χ0) is 18.5. The maximum Gasteiger partial charge on any atom is 0.255 e. The molecule has 0 bridgehead atoms. The van der Waals surface area contributed by atoms with Crippen molar-refractivity contribution in [3.05, 3.63) is 70.4 Å². The van der Waals surface area contributed by atoms with Gasteiger partial charge in [0.05, 0.1) is 13.2 Å². The predicted molar refractivity (Wildman–Crippen MR) is 105 cm³/mol. The summed E-state index contributed by atoms with van der Waals surface area (Å²) in [5.41, 5.74) is 1.19. The highest BCUT2D eigenvalue weighted by molar-refractivity contribution is 7.09. The zero-order valence-electron chi connectivity index (χ0n) is 14.6. The standard InChI is InChI=1S/C21H19NO4S/c23-21(22-16-7-8-19-20(13-16)25-10-3-9-24-19)15-4-1-5-17(12-15)26-14-18-6-2-11-27-18/h1-2,4-8,11-13H,3,9-10,14H2,(H,22,23). The number of rotatable bonds is 5. The van der Waals surface area contributed by atoms with Crippen molar-refractivity contribution in [1.29, 1.82) is 0 Å². The summed E-state index contributed by atoms with van der Waals surface area (Å²) in [7, 11) is 0. The molecular weight excluding hydrogens is 362 g/mol. The fourth-order valence-corrected chi connectivity index (χ4v) is 3.34. The fraction of sp³-hybridized carbons (Fsp3) is 0.190. The lowest BCUT2D eigenvalue weighted by atomic mass is 10.2. The minimum atomic E-state index is -0.203. The SMILES string of the molecule is O=C(Nc1ccc2c(c1)OCCCO2)c1cccc(OCc2cccs2)c1. The van der Waals surface area contributed by atoms with Gasteiger partial charge in [-0.1, -0.05) is 12.1 Å². The second-order valence-corrected chi connectivity index (χ2v) is 7.09. The van der Waals surface area contributed by atoms with Crippen molar-refractivity contribution in [1.82, 2.24) is 0 Å². The lowest BCUT2D eigenvalue weighted by Gasteiger charge is -2.11. The van der Waals surface area contributed by atoms with E-state index in [0.717, 1.165) is 11.3 Å². The number of hydrogen-bond donors (Lipinski definition) is 1. The van der Waals surface area contributed by atoms with Gasteiger partial charge in [-0.15, -0.1) is 11.3 Å². The van der Waals surface area contributed by atoms with Crippen LogP contribution in [0.15, 0.2) is 60.0 Å². The molecule has 2 heterocycles. The Labute approximate surface area is 161 Å². The first-order valence-corrected chi connectivity index (χ1v) is 9.62. The molecule has 1 aromatic heterocycles. The smallest absolute Gasteiger partial charge is 0.255 e. The van der Waals surface area contributed by atoms with Crippen LogP contribution in [-0.2, 0) is 6.61 Å². The average molecular weight is 381 g/mol. The molecule has 0 saturated heterocycles. The minimum absolute atomic E-state index is 0.203. The van der Waals surface area contributed by atoms with Crippen molar-refractivity contribution in [2.75, 3.05) is 18.5 Å². The first-order valence-electron chi connectivity index (χ1n) is 8.74.